The highest BCUT2D eigenvalue weighted by Gasteiger charge is 2.47. The van der Waals surface area contributed by atoms with E-state index in [2.05, 4.69) is 163 Å². The van der Waals surface area contributed by atoms with Gasteiger partial charge in [-0.25, -0.2) is 0 Å². The van der Waals surface area contributed by atoms with Crippen molar-refractivity contribution < 1.29 is 0 Å². The summed E-state index contributed by atoms with van der Waals surface area (Å²) >= 11 is 0. The third-order valence-electron chi connectivity index (χ3n) is 10.3. The van der Waals surface area contributed by atoms with Crippen LogP contribution in [0.3, 0.4) is 0 Å². The molecule has 0 amide bonds. The van der Waals surface area contributed by atoms with E-state index in [0.717, 1.165) is 12.8 Å². The number of anilines is 6. The molecule has 2 aliphatic heterocycles. The van der Waals surface area contributed by atoms with E-state index in [1.165, 1.54) is 80.4 Å². The summed E-state index contributed by atoms with van der Waals surface area (Å²) in [4.78, 5) is 5.12. The maximum atomic E-state index is 2.62. The van der Waals surface area contributed by atoms with Gasteiger partial charge in [0.15, 0.2) is 0 Å². The standard InChI is InChI=1S/C42H38BN3/c1-42(2,3)29-27-37-40-38(28-29)46(32-21-11-6-12-22-32)41-39(33-23-13-15-25-35(33)45(41)31-19-9-5-10-20-31)43(40)34-24-14-16-26-36(34)44(37)30-17-7-4-8-18-30/h4-12,14,16-22,24,26-28H,13,15,23,25H2,1-3H3. The summed E-state index contributed by atoms with van der Waals surface area (Å²) in [5, 5.41) is 0. The largest absolute Gasteiger partial charge is 0.311 e. The highest BCUT2D eigenvalue weighted by Crippen LogP contribution is 2.48. The van der Waals surface area contributed by atoms with Crippen molar-refractivity contribution in [2.24, 2.45) is 0 Å². The number of nitrogens with zero attached hydrogens (tertiary/aromatic N) is 3. The molecule has 224 valence electrons. The van der Waals surface area contributed by atoms with Crippen molar-refractivity contribution >= 4 is 57.4 Å². The molecular formula is C42H38BN3. The normalized spacial score (nSPS) is 14.8. The summed E-state index contributed by atoms with van der Waals surface area (Å²) in [5.41, 5.74) is 16.1. The molecule has 5 aromatic carbocycles. The Morgan fingerprint density at radius 1 is 0.543 bits per heavy atom. The number of para-hydroxylation sites is 4. The topological polar surface area (TPSA) is 11.4 Å². The first kappa shape index (κ1) is 27.4. The summed E-state index contributed by atoms with van der Waals surface area (Å²) in [6.07, 6.45) is 4.67. The second-order valence-electron chi connectivity index (χ2n) is 14.1. The van der Waals surface area contributed by atoms with E-state index in [0.29, 0.717) is 0 Å². The summed E-state index contributed by atoms with van der Waals surface area (Å²) in [5.74, 6) is 1.31. The maximum Gasteiger partial charge on any atom is 0.254 e. The van der Waals surface area contributed by atoms with Crippen LogP contribution in [0.5, 0.6) is 0 Å². The van der Waals surface area contributed by atoms with Crippen molar-refractivity contribution in [2.75, 3.05) is 9.80 Å². The van der Waals surface area contributed by atoms with Crippen LogP contribution < -0.4 is 26.2 Å². The predicted octanol–water partition coefficient (Wildman–Crippen LogP) is 8.74. The Bertz CT molecular complexity index is 2090. The zero-order chi connectivity index (χ0) is 31.0. The van der Waals surface area contributed by atoms with Gasteiger partial charge >= 0.3 is 0 Å². The van der Waals surface area contributed by atoms with Gasteiger partial charge in [0.25, 0.3) is 6.71 Å². The first-order chi connectivity index (χ1) is 22.5. The molecule has 0 spiro atoms. The SMILES string of the molecule is CC(C)(C)c1cc2c3c(c1)N(c1ccccc1)c1c(c4c(n1-c1ccccc1)CCCC4)B3c1ccccc1N2c1ccccc1. The van der Waals surface area contributed by atoms with Gasteiger partial charge in [0.1, 0.15) is 5.82 Å². The van der Waals surface area contributed by atoms with Crippen LogP contribution in [0.1, 0.15) is 50.4 Å². The molecule has 3 heterocycles. The predicted molar refractivity (Wildman–Crippen MR) is 195 cm³/mol. The highest BCUT2D eigenvalue weighted by atomic mass is 15.3. The van der Waals surface area contributed by atoms with Crippen LogP contribution in [0.2, 0.25) is 0 Å². The molecule has 9 rings (SSSR count). The van der Waals surface area contributed by atoms with E-state index in [1.807, 2.05) is 0 Å². The van der Waals surface area contributed by atoms with E-state index in [-0.39, 0.29) is 12.1 Å². The Morgan fingerprint density at radius 2 is 1.09 bits per heavy atom. The van der Waals surface area contributed by atoms with Crippen molar-refractivity contribution in [3.8, 4) is 5.69 Å². The van der Waals surface area contributed by atoms with E-state index in [9.17, 15) is 0 Å². The molecule has 0 atom stereocenters. The monoisotopic (exact) mass is 595 g/mol. The van der Waals surface area contributed by atoms with Gasteiger partial charge in [0.05, 0.1) is 0 Å². The Kier molecular flexibility index (Phi) is 6.12. The first-order valence-corrected chi connectivity index (χ1v) is 16.8. The number of benzene rings is 5. The fourth-order valence-corrected chi connectivity index (χ4v) is 8.24. The van der Waals surface area contributed by atoms with Crippen LogP contribution >= 0.6 is 0 Å². The van der Waals surface area contributed by atoms with Crippen molar-refractivity contribution in [1.29, 1.82) is 0 Å². The van der Waals surface area contributed by atoms with Crippen molar-refractivity contribution in [1.82, 2.24) is 4.57 Å². The van der Waals surface area contributed by atoms with Crippen LogP contribution in [-0.2, 0) is 18.3 Å². The van der Waals surface area contributed by atoms with Crippen LogP contribution in [0, 0.1) is 0 Å². The smallest absolute Gasteiger partial charge is 0.254 e. The minimum atomic E-state index is -0.0380. The second-order valence-corrected chi connectivity index (χ2v) is 14.1. The minimum absolute atomic E-state index is 0.0380. The van der Waals surface area contributed by atoms with Gasteiger partial charge < -0.3 is 9.47 Å². The lowest BCUT2D eigenvalue weighted by atomic mass is 9.33. The summed E-state index contributed by atoms with van der Waals surface area (Å²) in [6.45, 7) is 7.17. The lowest BCUT2D eigenvalue weighted by Gasteiger charge is -2.44. The average Bonchev–Trinajstić information content (AvgIpc) is 3.43. The average molecular weight is 596 g/mol. The van der Waals surface area contributed by atoms with E-state index in [1.54, 1.807) is 5.56 Å². The van der Waals surface area contributed by atoms with Crippen molar-refractivity contribution in [3.05, 3.63) is 144 Å². The molecule has 0 unspecified atom stereocenters. The lowest BCUT2D eigenvalue weighted by molar-refractivity contribution is 0.590. The molecule has 3 aliphatic rings. The molecule has 0 fully saturated rings. The molecule has 6 aromatic rings. The summed E-state index contributed by atoms with van der Waals surface area (Å²) in [7, 11) is 0. The van der Waals surface area contributed by atoms with Crippen LogP contribution in [0.4, 0.5) is 34.3 Å². The van der Waals surface area contributed by atoms with Crippen LogP contribution in [-0.4, -0.2) is 11.3 Å². The number of hydrogen-bond donors (Lipinski definition) is 0. The molecule has 0 N–H and O–H groups in total. The van der Waals surface area contributed by atoms with Crippen molar-refractivity contribution in [2.45, 2.75) is 51.9 Å². The zero-order valence-electron chi connectivity index (χ0n) is 26.9. The molecule has 0 saturated carbocycles. The fraction of sp³-hybridized carbons (Fsp3) is 0.190. The lowest BCUT2D eigenvalue weighted by Crippen LogP contribution is -2.62. The highest BCUT2D eigenvalue weighted by molar-refractivity contribution is 7.00. The van der Waals surface area contributed by atoms with E-state index >= 15 is 0 Å². The Labute approximate surface area is 272 Å². The molecule has 0 radical (unpaired) electrons. The first-order valence-electron chi connectivity index (χ1n) is 16.8. The zero-order valence-corrected chi connectivity index (χ0v) is 26.9. The number of hydrogen-bond acceptors (Lipinski definition) is 2. The fourth-order valence-electron chi connectivity index (χ4n) is 8.24. The quantitative estimate of drug-likeness (QED) is 0.189. The molecular weight excluding hydrogens is 557 g/mol. The Hall–Kier alpha value is -4.96. The third kappa shape index (κ3) is 3.99. The van der Waals surface area contributed by atoms with Crippen LogP contribution in [0.25, 0.3) is 5.69 Å². The van der Waals surface area contributed by atoms with Gasteiger partial charge in [-0.05, 0) is 113 Å². The maximum absolute atomic E-state index is 2.62. The molecule has 0 saturated heterocycles. The second kappa shape index (κ2) is 10.3. The number of fused-ring (bicyclic) bond motifs is 6. The Balaban J connectivity index is 1.47. The van der Waals surface area contributed by atoms with Crippen LogP contribution in [0.15, 0.2) is 127 Å². The van der Waals surface area contributed by atoms with E-state index < -0.39 is 0 Å². The van der Waals surface area contributed by atoms with Gasteiger partial charge in [-0.3, -0.25) is 4.90 Å². The molecule has 4 heteroatoms. The van der Waals surface area contributed by atoms with E-state index in [4.69, 9.17) is 0 Å². The minimum Gasteiger partial charge on any atom is -0.311 e. The van der Waals surface area contributed by atoms with Gasteiger partial charge in [0, 0.05) is 39.8 Å². The Morgan fingerprint density at radius 3 is 1.74 bits per heavy atom. The number of aromatic nitrogens is 1. The van der Waals surface area contributed by atoms with Gasteiger partial charge in [-0.15, -0.1) is 0 Å². The molecule has 1 aromatic heterocycles. The number of rotatable bonds is 3. The molecule has 0 bridgehead atoms. The van der Waals surface area contributed by atoms with Gasteiger partial charge in [0.2, 0.25) is 0 Å². The third-order valence-corrected chi connectivity index (χ3v) is 10.3. The molecule has 3 nitrogen and oxygen atoms in total. The summed E-state index contributed by atoms with van der Waals surface area (Å²) < 4.78 is 2.62. The summed E-state index contributed by atoms with van der Waals surface area (Å²) in [6, 6.07) is 47.2. The van der Waals surface area contributed by atoms with Gasteiger partial charge in [-0.2, -0.15) is 0 Å². The molecule has 1 aliphatic carbocycles. The van der Waals surface area contributed by atoms with Crippen molar-refractivity contribution in [3.63, 3.8) is 0 Å². The van der Waals surface area contributed by atoms with Gasteiger partial charge in [-0.1, -0.05) is 93.6 Å². The molecule has 46 heavy (non-hydrogen) atoms.